The minimum Gasteiger partial charge on any atom is -0.489 e. The summed E-state index contributed by atoms with van der Waals surface area (Å²) >= 11 is 5.20. The molecule has 0 spiro atoms. The molecule has 17 heavy (non-hydrogen) atoms. The van der Waals surface area contributed by atoms with Gasteiger partial charge in [0, 0.05) is 19.7 Å². The molecule has 2 heterocycles. The van der Waals surface area contributed by atoms with E-state index in [9.17, 15) is 0 Å². The van der Waals surface area contributed by atoms with E-state index in [-0.39, 0.29) is 0 Å². The van der Waals surface area contributed by atoms with Crippen molar-refractivity contribution in [3.8, 4) is 5.75 Å². The van der Waals surface area contributed by atoms with Crippen molar-refractivity contribution in [3.05, 3.63) is 23.0 Å². The summed E-state index contributed by atoms with van der Waals surface area (Å²) in [5, 5.41) is 3.29. The molecule has 0 radical (unpaired) electrons. The number of aromatic amines is 1. The highest BCUT2D eigenvalue weighted by molar-refractivity contribution is 7.71. The molecular formula is C12H15N3OS. The van der Waals surface area contributed by atoms with Gasteiger partial charge in [0.15, 0.2) is 4.77 Å². The van der Waals surface area contributed by atoms with Crippen molar-refractivity contribution in [3.63, 3.8) is 0 Å². The fourth-order valence-electron chi connectivity index (χ4n) is 2.21. The molecule has 90 valence electrons. The minimum absolute atomic E-state index is 0.291. The Morgan fingerprint density at radius 1 is 1.47 bits per heavy atom. The molecule has 0 saturated carbocycles. The second-order valence-electron chi connectivity index (χ2n) is 4.40. The maximum atomic E-state index is 5.91. The summed E-state index contributed by atoms with van der Waals surface area (Å²) in [5.41, 5.74) is 2.13. The first-order valence-electron chi connectivity index (χ1n) is 5.80. The van der Waals surface area contributed by atoms with Crippen LogP contribution in [0.1, 0.15) is 6.42 Å². The van der Waals surface area contributed by atoms with Crippen LogP contribution in [0, 0.1) is 4.77 Å². The molecule has 3 rings (SSSR count). The number of H-pyrrole nitrogens is 1. The quantitative estimate of drug-likeness (QED) is 0.800. The molecule has 0 bridgehead atoms. The molecule has 1 fully saturated rings. The van der Waals surface area contributed by atoms with Crippen molar-refractivity contribution in [2.45, 2.75) is 12.5 Å². The van der Waals surface area contributed by atoms with Crippen LogP contribution in [0.2, 0.25) is 0 Å². The van der Waals surface area contributed by atoms with Crippen molar-refractivity contribution < 1.29 is 4.74 Å². The van der Waals surface area contributed by atoms with E-state index in [1.54, 1.807) is 0 Å². The van der Waals surface area contributed by atoms with E-state index >= 15 is 0 Å². The molecule has 0 aliphatic carbocycles. The highest BCUT2D eigenvalue weighted by Gasteiger charge is 2.16. The summed E-state index contributed by atoms with van der Waals surface area (Å²) < 4.78 is 8.61. The van der Waals surface area contributed by atoms with Gasteiger partial charge in [0.1, 0.15) is 11.9 Å². The van der Waals surface area contributed by atoms with Crippen LogP contribution >= 0.6 is 12.2 Å². The molecule has 1 aliphatic rings. The SMILES string of the molecule is Cn1c(=S)[nH]c2cc(OC3CCNC3)ccc21. The zero-order valence-corrected chi connectivity index (χ0v) is 10.5. The predicted molar refractivity (Wildman–Crippen MR) is 70.0 cm³/mol. The second-order valence-corrected chi connectivity index (χ2v) is 4.79. The lowest BCUT2D eigenvalue weighted by molar-refractivity contribution is 0.223. The first kappa shape index (κ1) is 10.8. The minimum atomic E-state index is 0.291. The maximum Gasteiger partial charge on any atom is 0.177 e. The Bertz CT molecular complexity index is 595. The number of hydrogen-bond donors (Lipinski definition) is 2. The average Bonchev–Trinajstić information content (AvgIpc) is 2.89. The highest BCUT2D eigenvalue weighted by atomic mass is 32.1. The van der Waals surface area contributed by atoms with Gasteiger partial charge < -0.3 is 19.6 Å². The number of imidazole rings is 1. The largest absolute Gasteiger partial charge is 0.489 e. The third-order valence-corrected chi connectivity index (χ3v) is 3.57. The molecule has 2 aromatic rings. The summed E-state index contributed by atoms with van der Waals surface area (Å²) in [6.45, 7) is 1.98. The molecule has 1 aromatic heterocycles. The lowest BCUT2D eigenvalue weighted by Crippen LogP contribution is -2.19. The van der Waals surface area contributed by atoms with Gasteiger partial charge in [-0.25, -0.2) is 0 Å². The van der Waals surface area contributed by atoms with Gasteiger partial charge in [0.05, 0.1) is 11.0 Å². The number of hydrogen-bond acceptors (Lipinski definition) is 3. The number of benzene rings is 1. The summed E-state index contributed by atoms with van der Waals surface area (Å²) in [6.07, 6.45) is 1.36. The molecule has 1 aliphatic heterocycles. The van der Waals surface area contributed by atoms with Crippen LogP contribution in [0.4, 0.5) is 0 Å². The van der Waals surface area contributed by atoms with Gasteiger partial charge in [0.25, 0.3) is 0 Å². The molecule has 1 aromatic carbocycles. The summed E-state index contributed by atoms with van der Waals surface area (Å²) in [7, 11) is 1.96. The standard InChI is InChI=1S/C12H15N3OS/c1-15-11-3-2-8(6-10(11)14-12(15)17)16-9-4-5-13-7-9/h2-3,6,9,13H,4-5,7H2,1H3,(H,14,17). The van der Waals surface area contributed by atoms with Crippen molar-refractivity contribution in [2.24, 2.45) is 7.05 Å². The molecular weight excluding hydrogens is 234 g/mol. The van der Waals surface area contributed by atoms with Gasteiger partial charge in [-0.2, -0.15) is 0 Å². The number of aryl methyl sites for hydroxylation is 1. The molecule has 2 N–H and O–H groups in total. The Balaban J connectivity index is 1.93. The fourth-order valence-corrected chi connectivity index (χ4v) is 2.42. The van der Waals surface area contributed by atoms with Crippen LogP contribution < -0.4 is 10.1 Å². The molecule has 0 amide bonds. The summed E-state index contributed by atoms with van der Waals surface area (Å²) in [6, 6.07) is 6.06. The van der Waals surface area contributed by atoms with Crippen LogP contribution in [0.25, 0.3) is 11.0 Å². The Kier molecular flexibility index (Phi) is 2.64. The van der Waals surface area contributed by atoms with E-state index < -0.39 is 0 Å². The van der Waals surface area contributed by atoms with Crippen LogP contribution in [-0.4, -0.2) is 28.7 Å². The molecule has 1 atom stereocenters. The maximum absolute atomic E-state index is 5.91. The van der Waals surface area contributed by atoms with Crippen molar-refractivity contribution >= 4 is 23.3 Å². The molecule has 4 nitrogen and oxygen atoms in total. The zero-order valence-electron chi connectivity index (χ0n) is 9.69. The number of nitrogens with zero attached hydrogens (tertiary/aromatic N) is 1. The van der Waals surface area contributed by atoms with E-state index in [1.165, 1.54) is 0 Å². The number of aromatic nitrogens is 2. The monoisotopic (exact) mass is 249 g/mol. The van der Waals surface area contributed by atoms with E-state index in [0.29, 0.717) is 6.10 Å². The first-order chi connectivity index (χ1) is 8.24. The summed E-state index contributed by atoms with van der Waals surface area (Å²) in [5.74, 6) is 0.906. The van der Waals surface area contributed by atoms with Crippen LogP contribution in [0.3, 0.4) is 0 Å². The normalized spacial score (nSPS) is 19.9. The molecule has 1 saturated heterocycles. The van der Waals surface area contributed by atoms with Gasteiger partial charge >= 0.3 is 0 Å². The Labute approximate surface area is 105 Å². The van der Waals surface area contributed by atoms with E-state index in [0.717, 1.165) is 41.1 Å². The Morgan fingerprint density at radius 2 is 2.35 bits per heavy atom. The topological polar surface area (TPSA) is 42.0 Å². The van der Waals surface area contributed by atoms with Crippen molar-refractivity contribution in [1.82, 2.24) is 14.9 Å². The lowest BCUT2D eigenvalue weighted by atomic mass is 10.2. The number of fused-ring (bicyclic) bond motifs is 1. The number of ether oxygens (including phenoxy) is 1. The van der Waals surface area contributed by atoms with Gasteiger partial charge in [-0.1, -0.05) is 0 Å². The fraction of sp³-hybridized carbons (Fsp3) is 0.417. The van der Waals surface area contributed by atoms with Crippen molar-refractivity contribution in [2.75, 3.05) is 13.1 Å². The van der Waals surface area contributed by atoms with Gasteiger partial charge in [0.2, 0.25) is 0 Å². The Hall–Kier alpha value is -1.33. The second kappa shape index (κ2) is 4.16. The van der Waals surface area contributed by atoms with Crippen molar-refractivity contribution in [1.29, 1.82) is 0 Å². The van der Waals surface area contributed by atoms with Gasteiger partial charge in [-0.15, -0.1) is 0 Å². The third kappa shape index (κ3) is 1.96. The number of nitrogens with one attached hydrogen (secondary N) is 2. The predicted octanol–water partition coefficient (Wildman–Crippen LogP) is 1.98. The smallest absolute Gasteiger partial charge is 0.177 e. The van der Waals surface area contributed by atoms with Crippen LogP contribution in [0.5, 0.6) is 5.75 Å². The lowest BCUT2D eigenvalue weighted by Gasteiger charge is -2.12. The molecule has 1 unspecified atom stereocenters. The average molecular weight is 249 g/mol. The van der Waals surface area contributed by atoms with Crippen LogP contribution in [0.15, 0.2) is 18.2 Å². The van der Waals surface area contributed by atoms with E-state index in [1.807, 2.05) is 29.8 Å². The zero-order chi connectivity index (χ0) is 11.8. The molecule has 5 heteroatoms. The highest BCUT2D eigenvalue weighted by Crippen LogP contribution is 2.21. The number of rotatable bonds is 2. The van der Waals surface area contributed by atoms with Crippen LogP contribution in [-0.2, 0) is 7.05 Å². The summed E-state index contributed by atoms with van der Waals surface area (Å²) in [4.78, 5) is 3.17. The van der Waals surface area contributed by atoms with Gasteiger partial charge in [-0.05, 0) is 37.3 Å². The first-order valence-corrected chi connectivity index (χ1v) is 6.21. The van der Waals surface area contributed by atoms with E-state index in [4.69, 9.17) is 17.0 Å². The van der Waals surface area contributed by atoms with Gasteiger partial charge in [-0.3, -0.25) is 0 Å². The third-order valence-electron chi connectivity index (χ3n) is 3.19. The Morgan fingerprint density at radius 3 is 3.12 bits per heavy atom. The van der Waals surface area contributed by atoms with E-state index in [2.05, 4.69) is 10.3 Å².